The Morgan fingerprint density at radius 2 is 1.81 bits per heavy atom. The molecule has 2 N–H and O–H groups in total. The van der Waals surface area contributed by atoms with Crippen molar-refractivity contribution in [2.45, 2.75) is 38.3 Å². The van der Waals surface area contributed by atoms with Crippen molar-refractivity contribution < 1.29 is 0 Å². The topological polar surface area (TPSA) is 32.5 Å². The summed E-state index contributed by atoms with van der Waals surface area (Å²) >= 11 is 0. The zero-order valence-corrected chi connectivity index (χ0v) is 13.2. The molecule has 116 valence electrons. The Balaban J connectivity index is 1.41. The van der Waals surface area contributed by atoms with Crippen molar-refractivity contribution in [3.8, 4) is 0 Å². The Hall–Kier alpha value is -0.900. The number of nitrogens with two attached hydrogens (primary N) is 1. The lowest BCUT2D eigenvalue weighted by atomic mass is 10.0. The molecule has 0 amide bonds. The van der Waals surface area contributed by atoms with Crippen LogP contribution < -0.4 is 5.73 Å². The van der Waals surface area contributed by atoms with Crippen molar-refractivity contribution in [1.82, 2.24) is 9.80 Å². The molecule has 0 saturated carbocycles. The van der Waals surface area contributed by atoms with E-state index in [1.807, 2.05) is 0 Å². The van der Waals surface area contributed by atoms with Crippen molar-refractivity contribution in [1.29, 1.82) is 0 Å². The van der Waals surface area contributed by atoms with Crippen molar-refractivity contribution in [2.75, 3.05) is 32.7 Å². The van der Waals surface area contributed by atoms with Crippen LogP contribution in [0.4, 0.5) is 0 Å². The van der Waals surface area contributed by atoms with Gasteiger partial charge in [-0.1, -0.05) is 37.3 Å². The lowest BCUT2D eigenvalue weighted by Crippen LogP contribution is -2.45. The van der Waals surface area contributed by atoms with Crippen molar-refractivity contribution >= 4 is 0 Å². The summed E-state index contributed by atoms with van der Waals surface area (Å²) in [6.07, 6.45) is 3.81. The van der Waals surface area contributed by atoms with Crippen LogP contribution in [0.5, 0.6) is 0 Å². The normalized spacial score (nSPS) is 29.0. The fourth-order valence-electron chi connectivity index (χ4n) is 3.77. The Labute approximate surface area is 129 Å². The van der Waals surface area contributed by atoms with Crippen LogP contribution >= 0.6 is 0 Å². The number of hydrogen-bond donors (Lipinski definition) is 1. The molecular weight excluding hydrogens is 258 g/mol. The van der Waals surface area contributed by atoms with E-state index in [1.165, 1.54) is 51.0 Å². The molecule has 21 heavy (non-hydrogen) atoms. The van der Waals surface area contributed by atoms with Crippen LogP contribution in [0.2, 0.25) is 0 Å². The summed E-state index contributed by atoms with van der Waals surface area (Å²) in [5.41, 5.74) is 7.62. The maximum absolute atomic E-state index is 6.16. The third-order valence-corrected chi connectivity index (χ3v) is 5.33. The highest BCUT2D eigenvalue weighted by Crippen LogP contribution is 2.23. The smallest absolute Gasteiger partial charge is 0.0206 e. The van der Waals surface area contributed by atoms with Gasteiger partial charge in [0.1, 0.15) is 0 Å². The molecule has 3 heteroatoms. The number of rotatable bonds is 4. The number of nitrogens with zero attached hydrogens (tertiary/aromatic N) is 2. The first kappa shape index (κ1) is 15.0. The molecule has 0 aliphatic carbocycles. The largest absolute Gasteiger partial charge is 0.326 e. The fraction of sp³-hybridized carbons (Fsp3) is 0.667. The van der Waals surface area contributed by atoms with Crippen LogP contribution in [0.15, 0.2) is 30.3 Å². The number of benzene rings is 1. The van der Waals surface area contributed by atoms with E-state index >= 15 is 0 Å². The first-order valence-electron chi connectivity index (χ1n) is 8.48. The van der Waals surface area contributed by atoms with Crippen LogP contribution in [0.1, 0.15) is 25.3 Å². The van der Waals surface area contributed by atoms with E-state index in [9.17, 15) is 0 Å². The zero-order chi connectivity index (χ0) is 14.7. The Morgan fingerprint density at radius 1 is 1.10 bits per heavy atom. The SMILES string of the molecule is CC1CN(C2CCN(CCc3ccccc3)CC2)CC1N. The molecular formula is C18H29N3. The van der Waals surface area contributed by atoms with Crippen LogP contribution in [-0.2, 0) is 6.42 Å². The van der Waals surface area contributed by atoms with E-state index in [0.29, 0.717) is 12.0 Å². The van der Waals surface area contributed by atoms with E-state index < -0.39 is 0 Å². The van der Waals surface area contributed by atoms with Gasteiger partial charge in [0.15, 0.2) is 0 Å². The lowest BCUT2D eigenvalue weighted by Gasteiger charge is -2.36. The molecule has 2 saturated heterocycles. The summed E-state index contributed by atoms with van der Waals surface area (Å²) in [6, 6.07) is 12.0. The summed E-state index contributed by atoms with van der Waals surface area (Å²) in [6.45, 7) is 8.30. The van der Waals surface area contributed by atoms with Gasteiger partial charge in [0, 0.05) is 31.7 Å². The third-order valence-electron chi connectivity index (χ3n) is 5.33. The van der Waals surface area contributed by atoms with E-state index in [2.05, 4.69) is 47.1 Å². The van der Waals surface area contributed by atoms with Gasteiger partial charge in [-0.3, -0.25) is 4.90 Å². The lowest BCUT2D eigenvalue weighted by molar-refractivity contribution is 0.125. The minimum absolute atomic E-state index is 0.390. The molecule has 3 rings (SSSR count). The van der Waals surface area contributed by atoms with Crippen LogP contribution in [0.25, 0.3) is 0 Å². The first-order chi connectivity index (χ1) is 10.2. The van der Waals surface area contributed by atoms with Crippen molar-refractivity contribution in [2.24, 2.45) is 11.7 Å². The summed E-state index contributed by atoms with van der Waals surface area (Å²) in [5.74, 6) is 0.668. The van der Waals surface area contributed by atoms with Gasteiger partial charge in [-0.05, 0) is 43.8 Å². The highest BCUT2D eigenvalue weighted by Gasteiger charge is 2.32. The second kappa shape index (κ2) is 6.91. The Morgan fingerprint density at radius 3 is 2.43 bits per heavy atom. The first-order valence-corrected chi connectivity index (χ1v) is 8.48. The minimum atomic E-state index is 0.390. The molecule has 0 bridgehead atoms. The van der Waals surface area contributed by atoms with E-state index in [4.69, 9.17) is 5.73 Å². The van der Waals surface area contributed by atoms with E-state index in [1.54, 1.807) is 0 Å². The summed E-state index contributed by atoms with van der Waals surface area (Å²) in [4.78, 5) is 5.27. The van der Waals surface area contributed by atoms with Crippen LogP contribution in [0.3, 0.4) is 0 Å². The van der Waals surface area contributed by atoms with E-state index in [0.717, 1.165) is 12.6 Å². The Kier molecular flexibility index (Phi) is 4.94. The number of hydrogen-bond acceptors (Lipinski definition) is 3. The molecule has 0 radical (unpaired) electrons. The van der Waals surface area contributed by atoms with Gasteiger partial charge in [-0.25, -0.2) is 0 Å². The summed E-state index contributed by atoms with van der Waals surface area (Å²) in [7, 11) is 0. The second-order valence-electron chi connectivity index (χ2n) is 6.90. The highest BCUT2D eigenvalue weighted by molar-refractivity contribution is 5.14. The van der Waals surface area contributed by atoms with Crippen molar-refractivity contribution in [3.63, 3.8) is 0 Å². The maximum atomic E-state index is 6.16. The van der Waals surface area contributed by atoms with Gasteiger partial charge in [-0.15, -0.1) is 0 Å². The van der Waals surface area contributed by atoms with Crippen molar-refractivity contribution in [3.05, 3.63) is 35.9 Å². The number of piperidine rings is 1. The molecule has 2 atom stereocenters. The summed E-state index contributed by atoms with van der Waals surface area (Å²) < 4.78 is 0. The maximum Gasteiger partial charge on any atom is 0.0206 e. The molecule has 3 nitrogen and oxygen atoms in total. The van der Waals surface area contributed by atoms with Gasteiger partial charge in [0.2, 0.25) is 0 Å². The van der Waals surface area contributed by atoms with Crippen LogP contribution in [0, 0.1) is 5.92 Å². The second-order valence-corrected chi connectivity index (χ2v) is 6.90. The van der Waals surface area contributed by atoms with Crippen LogP contribution in [-0.4, -0.2) is 54.6 Å². The fourth-order valence-corrected chi connectivity index (χ4v) is 3.77. The predicted molar refractivity (Wildman–Crippen MR) is 88.3 cm³/mol. The van der Waals surface area contributed by atoms with Gasteiger partial charge in [0.25, 0.3) is 0 Å². The molecule has 2 fully saturated rings. The average molecular weight is 287 g/mol. The highest BCUT2D eigenvalue weighted by atomic mass is 15.2. The molecule has 2 aliphatic heterocycles. The van der Waals surface area contributed by atoms with Gasteiger partial charge < -0.3 is 10.6 Å². The molecule has 1 aromatic rings. The predicted octanol–water partition coefficient (Wildman–Crippen LogP) is 1.97. The average Bonchev–Trinajstić information content (AvgIpc) is 2.86. The quantitative estimate of drug-likeness (QED) is 0.919. The molecule has 0 aromatic heterocycles. The molecule has 2 aliphatic rings. The van der Waals surface area contributed by atoms with Gasteiger partial charge in [0.05, 0.1) is 0 Å². The standard InChI is InChI=1S/C18H29N3/c1-15-13-21(14-18(15)19)17-8-11-20(12-9-17)10-7-16-5-3-2-4-6-16/h2-6,15,17-18H,7-14,19H2,1H3. The summed E-state index contributed by atoms with van der Waals surface area (Å²) in [5, 5.41) is 0. The molecule has 0 spiro atoms. The minimum Gasteiger partial charge on any atom is -0.326 e. The third kappa shape index (κ3) is 3.85. The zero-order valence-electron chi connectivity index (χ0n) is 13.2. The van der Waals surface area contributed by atoms with Gasteiger partial charge in [-0.2, -0.15) is 0 Å². The van der Waals surface area contributed by atoms with E-state index in [-0.39, 0.29) is 0 Å². The Bertz CT molecular complexity index is 415. The number of likely N-dealkylation sites (tertiary alicyclic amines) is 2. The monoisotopic (exact) mass is 287 g/mol. The molecule has 1 aromatic carbocycles. The van der Waals surface area contributed by atoms with Gasteiger partial charge >= 0.3 is 0 Å². The molecule has 2 heterocycles. The molecule has 2 unspecified atom stereocenters.